The van der Waals surface area contributed by atoms with Gasteiger partial charge in [-0.1, -0.05) is 11.8 Å². The van der Waals surface area contributed by atoms with Crippen molar-refractivity contribution in [2.24, 2.45) is 0 Å². The molecule has 1 fully saturated rings. The van der Waals surface area contributed by atoms with E-state index < -0.39 is 18.6 Å². The number of alkyl halides is 3. The van der Waals surface area contributed by atoms with Gasteiger partial charge in [0.1, 0.15) is 5.82 Å². The van der Waals surface area contributed by atoms with Gasteiger partial charge in [0.15, 0.2) is 5.16 Å². The van der Waals surface area contributed by atoms with Crippen LogP contribution >= 0.6 is 11.8 Å². The van der Waals surface area contributed by atoms with E-state index in [1.807, 2.05) is 0 Å². The number of thioether (sulfide) groups is 1. The average Bonchev–Trinajstić information content (AvgIpc) is 3.13. The Hall–Kier alpha value is -1.25. The first-order valence-corrected chi connectivity index (χ1v) is 7.70. The predicted octanol–water partition coefficient (Wildman–Crippen LogP) is 3.06. The molecule has 1 aromatic heterocycles. The average molecular weight is 323 g/mol. The monoisotopic (exact) mass is 323 g/mol. The zero-order valence-electron chi connectivity index (χ0n) is 11.3. The molecule has 1 saturated carbocycles. The van der Waals surface area contributed by atoms with Gasteiger partial charge in [0, 0.05) is 18.9 Å². The van der Waals surface area contributed by atoms with Gasteiger partial charge in [-0.2, -0.15) is 13.2 Å². The van der Waals surface area contributed by atoms with Crippen molar-refractivity contribution in [3.63, 3.8) is 0 Å². The largest absolute Gasteiger partial charge is 0.481 e. The van der Waals surface area contributed by atoms with Crippen molar-refractivity contribution in [2.75, 3.05) is 5.75 Å². The highest BCUT2D eigenvalue weighted by Crippen LogP contribution is 2.40. The molecule has 2 rings (SSSR count). The molecule has 0 saturated heterocycles. The number of unbranched alkanes of at least 4 members (excludes halogenated alkanes) is 1. The van der Waals surface area contributed by atoms with Crippen LogP contribution in [-0.4, -0.2) is 37.8 Å². The number of nitrogens with zero attached hydrogens (tertiary/aromatic N) is 3. The second-order valence-electron chi connectivity index (χ2n) is 5.02. The van der Waals surface area contributed by atoms with E-state index in [-0.39, 0.29) is 12.2 Å². The van der Waals surface area contributed by atoms with E-state index in [1.165, 1.54) is 0 Å². The van der Waals surface area contributed by atoms with Gasteiger partial charge in [0.05, 0.1) is 5.75 Å². The normalized spacial score (nSPS) is 15.4. The van der Waals surface area contributed by atoms with Gasteiger partial charge in [0.25, 0.3) is 0 Å². The van der Waals surface area contributed by atoms with Crippen molar-refractivity contribution in [1.82, 2.24) is 14.8 Å². The van der Waals surface area contributed by atoms with Gasteiger partial charge < -0.3 is 9.67 Å². The zero-order valence-corrected chi connectivity index (χ0v) is 12.1. The lowest BCUT2D eigenvalue weighted by molar-refractivity contribution is -0.136. The minimum atomic E-state index is -4.13. The summed E-state index contributed by atoms with van der Waals surface area (Å²) in [5.41, 5.74) is 0. The van der Waals surface area contributed by atoms with E-state index in [1.54, 1.807) is 4.57 Å². The fourth-order valence-electron chi connectivity index (χ4n) is 1.98. The molecule has 1 heterocycles. The summed E-state index contributed by atoms with van der Waals surface area (Å²) in [7, 11) is 0. The molecule has 9 heteroatoms. The Labute approximate surface area is 123 Å². The Morgan fingerprint density at radius 3 is 2.62 bits per heavy atom. The van der Waals surface area contributed by atoms with Crippen molar-refractivity contribution >= 4 is 17.7 Å². The first kappa shape index (κ1) is 16.1. The van der Waals surface area contributed by atoms with E-state index in [0.717, 1.165) is 30.4 Å². The highest BCUT2D eigenvalue weighted by Gasteiger charge is 2.31. The maximum absolute atomic E-state index is 12.1. The molecule has 21 heavy (non-hydrogen) atoms. The number of aliphatic carboxylic acids is 1. The van der Waals surface area contributed by atoms with Crippen LogP contribution in [0.3, 0.4) is 0 Å². The van der Waals surface area contributed by atoms with Crippen LogP contribution in [0.1, 0.15) is 43.8 Å². The topological polar surface area (TPSA) is 68.0 Å². The molecule has 1 aromatic rings. The van der Waals surface area contributed by atoms with Gasteiger partial charge in [-0.25, -0.2) is 0 Å². The molecule has 0 amide bonds. The molecule has 118 valence electrons. The van der Waals surface area contributed by atoms with Crippen LogP contribution in [0, 0.1) is 0 Å². The van der Waals surface area contributed by atoms with Crippen molar-refractivity contribution in [3.8, 4) is 0 Å². The van der Waals surface area contributed by atoms with Crippen LogP contribution in [0.2, 0.25) is 0 Å². The maximum Gasteiger partial charge on any atom is 0.389 e. The molecule has 1 aliphatic rings. The SMILES string of the molecule is O=C(O)CSc1nnc(C2CC2)n1CCCCC(F)(F)F. The summed E-state index contributed by atoms with van der Waals surface area (Å²) >= 11 is 1.05. The van der Waals surface area contributed by atoms with Crippen LogP contribution in [0.15, 0.2) is 5.16 Å². The molecular weight excluding hydrogens is 307 g/mol. The van der Waals surface area contributed by atoms with Gasteiger partial charge in [-0.15, -0.1) is 10.2 Å². The molecule has 0 spiro atoms. The summed E-state index contributed by atoms with van der Waals surface area (Å²) in [6, 6.07) is 0. The van der Waals surface area contributed by atoms with Crippen molar-refractivity contribution in [2.45, 2.75) is 55.9 Å². The van der Waals surface area contributed by atoms with Gasteiger partial charge in [-0.05, 0) is 25.7 Å². The van der Waals surface area contributed by atoms with Crippen molar-refractivity contribution in [1.29, 1.82) is 0 Å². The van der Waals surface area contributed by atoms with Crippen LogP contribution < -0.4 is 0 Å². The van der Waals surface area contributed by atoms with Gasteiger partial charge >= 0.3 is 12.1 Å². The third kappa shape index (κ3) is 5.22. The third-order valence-electron chi connectivity index (χ3n) is 3.10. The Morgan fingerprint density at radius 1 is 1.33 bits per heavy atom. The molecule has 0 unspecified atom stereocenters. The summed E-state index contributed by atoms with van der Waals surface area (Å²) in [5, 5.41) is 17.2. The van der Waals surface area contributed by atoms with Crippen molar-refractivity contribution in [3.05, 3.63) is 5.82 Å². The fraction of sp³-hybridized carbons (Fsp3) is 0.750. The molecule has 0 aliphatic heterocycles. The maximum atomic E-state index is 12.1. The standard InChI is InChI=1S/C12H16F3N3O2S/c13-12(14,15)5-1-2-6-18-10(8-3-4-8)16-17-11(18)21-7-9(19)20/h8H,1-7H2,(H,19,20). The van der Waals surface area contributed by atoms with Gasteiger partial charge in [-0.3, -0.25) is 4.79 Å². The number of aromatic nitrogens is 3. The van der Waals surface area contributed by atoms with E-state index in [0.29, 0.717) is 24.0 Å². The molecular formula is C12H16F3N3O2S. The van der Waals surface area contributed by atoms with E-state index in [9.17, 15) is 18.0 Å². The number of carboxylic acids is 1. The first-order chi connectivity index (χ1) is 9.87. The quantitative estimate of drug-likeness (QED) is 0.588. The predicted molar refractivity (Wildman–Crippen MR) is 70.3 cm³/mol. The number of halogens is 3. The molecule has 1 N–H and O–H groups in total. The van der Waals surface area contributed by atoms with Gasteiger partial charge in [0.2, 0.25) is 0 Å². The molecule has 0 atom stereocenters. The Balaban J connectivity index is 1.94. The smallest absolute Gasteiger partial charge is 0.389 e. The van der Waals surface area contributed by atoms with Crippen LogP contribution in [0.25, 0.3) is 0 Å². The number of hydrogen-bond acceptors (Lipinski definition) is 4. The highest BCUT2D eigenvalue weighted by atomic mass is 32.2. The zero-order chi connectivity index (χ0) is 15.5. The van der Waals surface area contributed by atoms with Crippen LogP contribution in [0.4, 0.5) is 13.2 Å². The second kappa shape index (κ2) is 6.67. The van der Waals surface area contributed by atoms with E-state index in [4.69, 9.17) is 5.11 Å². The summed E-state index contributed by atoms with van der Waals surface area (Å²) in [5.74, 6) is -0.000446. The minimum absolute atomic E-state index is 0.0504. The minimum Gasteiger partial charge on any atom is -0.481 e. The number of carbonyl (C=O) groups is 1. The molecule has 1 aliphatic carbocycles. The molecule has 0 aromatic carbocycles. The second-order valence-corrected chi connectivity index (χ2v) is 5.96. The Kier molecular flexibility index (Phi) is 5.13. The summed E-state index contributed by atoms with van der Waals surface area (Å²) in [6.45, 7) is 0.400. The molecule has 5 nitrogen and oxygen atoms in total. The van der Waals surface area contributed by atoms with Crippen LogP contribution in [-0.2, 0) is 11.3 Å². The fourth-order valence-corrected chi connectivity index (χ4v) is 2.67. The summed E-state index contributed by atoms with van der Waals surface area (Å²) in [6.07, 6.45) is -2.50. The number of carboxylic acid groups (broad SMARTS) is 1. The van der Waals surface area contributed by atoms with Crippen LogP contribution in [0.5, 0.6) is 0 Å². The molecule has 0 radical (unpaired) electrons. The lowest BCUT2D eigenvalue weighted by atomic mass is 10.2. The highest BCUT2D eigenvalue weighted by molar-refractivity contribution is 7.99. The van der Waals surface area contributed by atoms with Crippen molar-refractivity contribution < 1.29 is 23.1 Å². The first-order valence-electron chi connectivity index (χ1n) is 6.71. The van der Waals surface area contributed by atoms with E-state index >= 15 is 0 Å². The lowest BCUT2D eigenvalue weighted by Gasteiger charge is -2.10. The lowest BCUT2D eigenvalue weighted by Crippen LogP contribution is -2.09. The van der Waals surface area contributed by atoms with E-state index in [2.05, 4.69) is 10.2 Å². The number of rotatable bonds is 8. The summed E-state index contributed by atoms with van der Waals surface area (Å²) < 4.78 is 38.2. The number of hydrogen-bond donors (Lipinski definition) is 1. The Bertz CT molecular complexity index is 500. The Morgan fingerprint density at radius 2 is 2.05 bits per heavy atom. The summed E-state index contributed by atoms with van der Waals surface area (Å²) in [4.78, 5) is 10.6. The molecule has 0 bridgehead atoms. The third-order valence-corrected chi connectivity index (χ3v) is 4.06.